The molecule has 0 atom stereocenters. The Labute approximate surface area is 136 Å². The van der Waals surface area contributed by atoms with Crippen molar-refractivity contribution >= 4 is 11.7 Å². The van der Waals surface area contributed by atoms with Crippen molar-refractivity contribution in [3.05, 3.63) is 35.5 Å². The van der Waals surface area contributed by atoms with Gasteiger partial charge in [0.15, 0.2) is 0 Å². The highest BCUT2D eigenvalue weighted by atomic mass is 16.2. The molecule has 0 radical (unpaired) electrons. The fourth-order valence-electron chi connectivity index (χ4n) is 2.78. The first-order valence-corrected chi connectivity index (χ1v) is 7.85. The van der Waals surface area contributed by atoms with Gasteiger partial charge in [-0.2, -0.15) is 5.10 Å². The van der Waals surface area contributed by atoms with E-state index in [1.165, 1.54) is 0 Å². The molecular weight excluding hydrogens is 290 g/mol. The maximum absolute atomic E-state index is 12.2. The Morgan fingerprint density at radius 1 is 1.26 bits per heavy atom. The van der Waals surface area contributed by atoms with Gasteiger partial charge in [0.2, 0.25) is 0 Å². The van der Waals surface area contributed by atoms with Gasteiger partial charge in [-0.25, -0.2) is 4.79 Å². The minimum absolute atomic E-state index is 0.0292. The zero-order valence-electron chi connectivity index (χ0n) is 14.1. The van der Waals surface area contributed by atoms with Gasteiger partial charge in [-0.1, -0.05) is 12.1 Å². The number of hydrogen-bond acceptors (Lipinski definition) is 3. The maximum Gasteiger partial charge on any atom is 0.318 e. The maximum atomic E-state index is 12.2. The number of benzene rings is 1. The monoisotopic (exact) mass is 313 g/mol. The fraction of sp³-hybridized carbons (Fsp3) is 0.412. The number of fused-ring (bicyclic) bond motifs is 1. The summed E-state index contributed by atoms with van der Waals surface area (Å²) in [6.07, 6.45) is 0. The van der Waals surface area contributed by atoms with Crippen LogP contribution in [-0.4, -0.2) is 41.3 Å². The van der Waals surface area contributed by atoms with Crippen LogP contribution in [0.25, 0.3) is 11.3 Å². The highest BCUT2D eigenvalue weighted by Gasteiger charge is 2.28. The summed E-state index contributed by atoms with van der Waals surface area (Å²) in [5, 5.41) is 10.5. The summed E-state index contributed by atoms with van der Waals surface area (Å²) in [6, 6.07) is 8.41. The fourth-order valence-corrected chi connectivity index (χ4v) is 2.78. The third-order valence-electron chi connectivity index (χ3n) is 4.01. The predicted octanol–water partition coefficient (Wildman–Crippen LogP) is 2.58. The third kappa shape index (κ3) is 3.02. The number of H-pyrrole nitrogens is 1. The second kappa shape index (κ2) is 5.95. The van der Waals surface area contributed by atoms with Crippen LogP contribution in [0.2, 0.25) is 0 Å². The molecule has 1 aliphatic rings. The number of rotatable bonds is 3. The Morgan fingerprint density at radius 3 is 2.57 bits per heavy atom. The Morgan fingerprint density at radius 2 is 1.96 bits per heavy atom. The summed E-state index contributed by atoms with van der Waals surface area (Å²) >= 11 is 0. The van der Waals surface area contributed by atoms with E-state index in [0.29, 0.717) is 13.1 Å². The average Bonchev–Trinajstić information content (AvgIpc) is 3.06. The standard InChI is InChI=1S/C17H23N5O/c1-11(2)18-17(23)22-9-14-15(10-22)19-20-16(14)12-5-7-13(8-6-12)21(3)4/h5-8,11H,9-10H2,1-4H3,(H,18,23)(H,19,20). The molecule has 0 spiro atoms. The van der Waals surface area contributed by atoms with E-state index in [4.69, 9.17) is 0 Å². The van der Waals surface area contributed by atoms with E-state index in [0.717, 1.165) is 28.2 Å². The molecule has 1 aromatic carbocycles. The second-order valence-corrected chi connectivity index (χ2v) is 6.43. The highest BCUT2D eigenvalue weighted by Crippen LogP contribution is 2.31. The molecule has 2 N–H and O–H groups in total. The van der Waals surface area contributed by atoms with E-state index in [-0.39, 0.29) is 12.1 Å². The Hall–Kier alpha value is -2.50. The number of carbonyl (C=O) groups excluding carboxylic acids is 1. The molecule has 0 saturated carbocycles. The van der Waals surface area contributed by atoms with Crippen molar-refractivity contribution < 1.29 is 4.79 Å². The second-order valence-electron chi connectivity index (χ2n) is 6.43. The number of carbonyl (C=O) groups is 1. The van der Waals surface area contributed by atoms with Gasteiger partial charge in [0.25, 0.3) is 0 Å². The molecular formula is C17H23N5O. The smallest absolute Gasteiger partial charge is 0.318 e. The van der Waals surface area contributed by atoms with Gasteiger partial charge < -0.3 is 15.1 Å². The van der Waals surface area contributed by atoms with Crippen LogP contribution in [0.4, 0.5) is 10.5 Å². The Kier molecular flexibility index (Phi) is 3.98. The number of urea groups is 1. The predicted molar refractivity (Wildman–Crippen MR) is 91.3 cm³/mol. The number of nitrogens with one attached hydrogen (secondary N) is 2. The lowest BCUT2D eigenvalue weighted by atomic mass is 10.1. The lowest BCUT2D eigenvalue weighted by molar-refractivity contribution is 0.195. The molecule has 0 bridgehead atoms. The summed E-state index contributed by atoms with van der Waals surface area (Å²) < 4.78 is 0. The number of aromatic nitrogens is 2. The number of anilines is 1. The third-order valence-corrected chi connectivity index (χ3v) is 4.01. The SMILES string of the molecule is CC(C)NC(=O)N1Cc2[nH]nc(-c3ccc(N(C)C)cc3)c2C1. The summed E-state index contributed by atoms with van der Waals surface area (Å²) in [4.78, 5) is 16.0. The van der Waals surface area contributed by atoms with E-state index in [2.05, 4.69) is 44.7 Å². The molecule has 6 nitrogen and oxygen atoms in total. The molecule has 122 valence electrons. The van der Waals surface area contributed by atoms with Gasteiger partial charge in [-0.15, -0.1) is 0 Å². The van der Waals surface area contributed by atoms with Crippen molar-refractivity contribution in [2.45, 2.75) is 33.0 Å². The summed E-state index contributed by atoms with van der Waals surface area (Å²) in [7, 11) is 4.04. The van der Waals surface area contributed by atoms with Gasteiger partial charge in [0.05, 0.1) is 24.5 Å². The van der Waals surface area contributed by atoms with E-state index in [1.54, 1.807) is 4.90 Å². The van der Waals surface area contributed by atoms with Crippen molar-refractivity contribution in [2.75, 3.05) is 19.0 Å². The van der Waals surface area contributed by atoms with Gasteiger partial charge in [-0.05, 0) is 26.0 Å². The molecule has 1 aromatic heterocycles. The largest absolute Gasteiger partial charge is 0.378 e. The van der Waals surface area contributed by atoms with Crippen molar-refractivity contribution in [1.29, 1.82) is 0 Å². The summed E-state index contributed by atoms with van der Waals surface area (Å²) in [5.74, 6) is 0. The molecule has 6 heteroatoms. The normalized spacial score (nSPS) is 13.3. The van der Waals surface area contributed by atoms with Crippen molar-refractivity contribution in [3.63, 3.8) is 0 Å². The van der Waals surface area contributed by atoms with Crippen LogP contribution >= 0.6 is 0 Å². The molecule has 1 aliphatic heterocycles. The molecule has 0 unspecified atom stereocenters. The Balaban J connectivity index is 1.80. The van der Waals surface area contributed by atoms with Gasteiger partial charge >= 0.3 is 6.03 Å². The molecule has 0 aliphatic carbocycles. The molecule has 0 fully saturated rings. The van der Waals surface area contributed by atoms with Crippen LogP contribution in [0.3, 0.4) is 0 Å². The minimum atomic E-state index is -0.0292. The first kappa shape index (κ1) is 15.4. The molecule has 0 saturated heterocycles. The van der Waals surface area contributed by atoms with E-state index in [1.807, 2.05) is 27.9 Å². The van der Waals surface area contributed by atoms with Crippen LogP contribution in [-0.2, 0) is 13.1 Å². The first-order valence-electron chi connectivity index (χ1n) is 7.85. The zero-order valence-corrected chi connectivity index (χ0v) is 14.1. The number of nitrogens with zero attached hydrogens (tertiary/aromatic N) is 3. The number of hydrogen-bond donors (Lipinski definition) is 2. The van der Waals surface area contributed by atoms with E-state index >= 15 is 0 Å². The topological polar surface area (TPSA) is 64.3 Å². The number of amides is 2. The van der Waals surface area contributed by atoms with Crippen LogP contribution in [0, 0.1) is 0 Å². The average molecular weight is 313 g/mol. The molecule has 3 rings (SSSR count). The molecule has 2 aromatic rings. The van der Waals surface area contributed by atoms with Crippen molar-refractivity contribution in [1.82, 2.24) is 20.4 Å². The minimum Gasteiger partial charge on any atom is -0.378 e. The summed E-state index contributed by atoms with van der Waals surface area (Å²) in [5.41, 5.74) is 5.29. The molecule has 23 heavy (non-hydrogen) atoms. The van der Waals surface area contributed by atoms with Crippen molar-refractivity contribution in [2.24, 2.45) is 0 Å². The van der Waals surface area contributed by atoms with E-state index in [9.17, 15) is 4.79 Å². The van der Waals surface area contributed by atoms with Crippen LogP contribution < -0.4 is 10.2 Å². The van der Waals surface area contributed by atoms with Crippen molar-refractivity contribution in [3.8, 4) is 11.3 Å². The summed E-state index contributed by atoms with van der Waals surface area (Å²) in [6.45, 7) is 5.10. The molecule has 2 heterocycles. The highest BCUT2D eigenvalue weighted by molar-refractivity contribution is 5.76. The zero-order chi connectivity index (χ0) is 16.6. The Bertz CT molecular complexity index is 702. The van der Waals surface area contributed by atoms with Crippen LogP contribution in [0.5, 0.6) is 0 Å². The lowest BCUT2D eigenvalue weighted by Crippen LogP contribution is -2.40. The van der Waals surface area contributed by atoms with Crippen LogP contribution in [0.15, 0.2) is 24.3 Å². The van der Waals surface area contributed by atoms with E-state index < -0.39 is 0 Å². The van der Waals surface area contributed by atoms with Gasteiger partial charge in [-0.3, -0.25) is 5.10 Å². The first-order chi connectivity index (χ1) is 11.0. The quantitative estimate of drug-likeness (QED) is 0.915. The molecule has 2 amide bonds. The lowest BCUT2D eigenvalue weighted by Gasteiger charge is -2.18. The van der Waals surface area contributed by atoms with Gasteiger partial charge in [0.1, 0.15) is 0 Å². The van der Waals surface area contributed by atoms with Gasteiger partial charge in [0, 0.05) is 37.0 Å². The number of aromatic amines is 1. The van der Waals surface area contributed by atoms with Crippen LogP contribution in [0.1, 0.15) is 25.1 Å².